The maximum Gasteiger partial charge on any atom is 0.317 e. The highest BCUT2D eigenvalue weighted by Gasteiger charge is 2.29. The van der Waals surface area contributed by atoms with Gasteiger partial charge in [-0.05, 0) is 50.3 Å². The van der Waals surface area contributed by atoms with Gasteiger partial charge in [-0.25, -0.2) is 4.79 Å². The van der Waals surface area contributed by atoms with Crippen LogP contribution < -0.4 is 10.1 Å². The summed E-state index contributed by atoms with van der Waals surface area (Å²) in [4.78, 5) is 19.6. The van der Waals surface area contributed by atoms with Gasteiger partial charge in [0.15, 0.2) is 0 Å². The molecule has 0 aliphatic carbocycles. The molecular weight excluding hydrogens is 352 g/mol. The molecule has 1 saturated heterocycles. The second-order valence-electron chi connectivity index (χ2n) is 7.31. The van der Waals surface area contributed by atoms with Crippen molar-refractivity contribution >= 4 is 6.03 Å². The van der Waals surface area contributed by atoms with Gasteiger partial charge < -0.3 is 15.0 Å². The van der Waals surface area contributed by atoms with Crippen LogP contribution in [0.15, 0.2) is 24.3 Å². The molecule has 1 fully saturated rings. The van der Waals surface area contributed by atoms with E-state index in [4.69, 9.17) is 4.74 Å². The van der Waals surface area contributed by atoms with Crippen LogP contribution in [0, 0.1) is 0 Å². The van der Waals surface area contributed by atoms with Crippen molar-refractivity contribution in [1.82, 2.24) is 20.0 Å². The second kappa shape index (κ2) is 11.3. The van der Waals surface area contributed by atoms with Crippen LogP contribution in [0.2, 0.25) is 0 Å². The molecule has 1 aliphatic rings. The number of likely N-dealkylation sites (tertiary alicyclic amines) is 1. The molecule has 1 aromatic rings. The number of methoxy groups -OCH3 is 1. The summed E-state index contributed by atoms with van der Waals surface area (Å²) in [7, 11) is 1.69. The summed E-state index contributed by atoms with van der Waals surface area (Å²) in [6, 6.07) is 8.83. The Balaban J connectivity index is 2.02. The van der Waals surface area contributed by atoms with Crippen molar-refractivity contribution in [3.8, 4) is 5.75 Å². The molecule has 0 radical (unpaired) electrons. The van der Waals surface area contributed by atoms with E-state index in [9.17, 15) is 4.79 Å². The van der Waals surface area contributed by atoms with E-state index in [-0.39, 0.29) is 12.1 Å². The van der Waals surface area contributed by atoms with Gasteiger partial charge in [0.05, 0.1) is 13.2 Å². The van der Waals surface area contributed by atoms with Crippen molar-refractivity contribution in [2.75, 3.05) is 52.9 Å². The number of carbonyl (C=O) groups is 1. The van der Waals surface area contributed by atoms with E-state index in [0.717, 1.165) is 51.4 Å². The number of likely N-dealkylation sites (N-methyl/N-ethyl adjacent to an activating group) is 2. The summed E-state index contributed by atoms with van der Waals surface area (Å²) in [5.74, 6) is 0.850. The van der Waals surface area contributed by atoms with Gasteiger partial charge >= 0.3 is 6.03 Å². The van der Waals surface area contributed by atoms with Crippen LogP contribution in [0.5, 0.6) is 5.75 Å². The average Bonchev–Trinajstić information content (AvgIpc) is 3.22. The van der Waals surface area contributed by atoms with Crippen LogP contribution in [-0.2, 0) is 0 Å². The van der Waals surface area contributed by atoms with Gasteiger partial charge in [0.2, 0.25) is 0 Å². The maximum atomic E-state index is 12.8. The van der Waals surface area contributed by atoms with Gasteiger partial charge in [0, 0.05) is 25.7 Å². The first-order chi connectivity index (χ1) is 13.6. The molecule has 2 unspecified atom stereocenters. The molecule has 28 heavy (non-hydrogen) atoms. The van der Waals surface area contributed by atoms with Crippen molar-refractivity contribution in [2.45, 2.75) is 46.2 Å². The first-order valence-corrected chi connectivity index (χ1v) is 10.7. The number of urea groups is 1. The van der Waals surface area contributed by atoms with Gasteiger partial charge in [-0.3, -0.25) is 9.80 Å². The van der Waals surface area contributed by atoms with Gasteiger partial charge in [-0.2, -0.15) is 0 Å². The minimum Gasteiger partial charge on any atom is -0.497 e. The van der Waals surface area contributed by atoms with Crippen LogP contribution >= 0.6 is 0 Å². The lowest BCUT2D eigenvalue weighted by molar-refractivity contribution is 0.181. The maximum absolute atomic E-state index is 12.8. The molecule has 1 N–H and O–H groups in total. The molecule has 0 saturated carbocycles. The van der Waals surface area contributed by atoms with Crippen LogP contribution in [0.1, 0.15) is 45.7 Å². The topological polar surface area (TPSA) is 48.1 Å². The molecule has 1 aliphatic heterocycles. The Bertz CT molecular complexity index is 602. The number of rotatable bonds is 10. The third-order valence-electron chi connectivity index (χ3n) is 5.96. The molecule has 0 aromatic heterocycles. The standard InChI is InChI=1S/C22H38N4O2/c1-6-24(7-2)19-13-14-26(17-19)22(27)23-16-21(25(8-3)9-4)18-11-10-12-20(15-18)28-5/h10-12,15,19,21H,6-9,13-14,16-17H2,1-5H3,(H,23,27). The zero-order chi connectivity index (χ0) is 20.5. The Morgan fingerprint density at radius 2 is 1.93 bits per heavy atom. The Kier molecular flexibility index (Phi) is 9.06. The molecule has 2 rings (SSSR count). The highest BCUT2D eigenvalue weighted by molar-refractivity contribution is 5.74. The number of ether oxygens (including phenoxy) is 1. The number of amides is 2. The SMILES string of the molecule is CCN(CC)C1CCN(C(=O)NCC(c2cccc(OC)c2)N(CC)CC)C1. The van der Waals surface area contributed by atoms with Crippen LogP contribution in [0.3, 0.4) is 0 Å². The lowest BCUT2D eigenvalue weighted by Crippen LogP contribution is -2.45. The van der Waals surface area contributed by atoms with Crippen molar-refractivity contribution < 1.29 is 9.53 Å². The minimum absolute atomic E-state index is 0.0507. The lowest BCUT2D eigenvalue weighted by Gasteiger charge is -2.31. The molecule has 0 spiro atoms. The number of benzene rings is 1. The molecule has 158 valence electrons. The number of nitrogens with zero attached hydrogens (tertiary/aromatic N) is 3. The van der Waals surface area contributed by atoms with E-state index in [0.29, 0.717) is 12.6 Å². The Morgan fingerprint density at radius 1 is 1.21 bits per heavy atom. The van der Waals surface area contributed by atoms with E-state index >= 15 is 0 Å². The fourth-order valence-corrected chi connectivity index (χ4v) is 4.23. The molecule has 1 heterocycles. The number of hydrogen-bond acceptors (Lipinski definition) is 4. The van der Waals surface area contributed by atoms with Gasteiger partial charge in [-0.1, -0.05) is 39.8 Å². The van der Waals surface area contributed by atoms with Crippen LogP contribution in [0.4, 0.5) is 4.79 Å². The fraction of sp³-hybridized carbons (Fsp3) is 0.682. The summed E-state index contributed by atoms with van der Waals surface area (Å²) >= 11 is 0. The first kappa shape index (κ1) is 22.5. The molecule has 0 bridgehead atoms. The Labute approximate surface area is 170 Å². The molecule has 2 amide bonds. The van der Waals surface area contributed by atoms with Crippen LogP contribution in [0.25, 0.3) is 0 Å². The van der Waals surface area contributed by atoms with E-state index in [1.165, 1.54) is 5.56 Å². The first-order valence-electron chi connectivity index (χ1n) is 10.7. The van der Waals surface area contributed by atoms with Crippen molar-refractivity contribution in [3.05, 3.63) is 29.8 Å². The third-order valence-corrected chi connectivity index (χ3v) is 5.96. The van der Waals surface area contributed by atoms with E-state index in [1.54, 1.807) is 7.11 Å². The summed E-state index contributed by atoms with van der Waals surface area (Å²) in [6.45, 7) is 14.9. The fourth-order valence-electron chi connectivity index (χ4n) is 4.23. The van der Waals surface area contributed by atoms with Gasteiger partial charge in [0.25, 0.3) is 0 Å². The number of carbonyl (C=O) groups excluding carboxylic acids is 1. The number of nitrogens with one attached hydrogen (secondary N) is 1. The predicted octanol–water partition coefficient (Wildman–Crippen LogP) is 3.20. The minimum atomic E-state index is 0.0507. The lowest BCUT2D eigenvalue weighted by atomic mass is 10.0. The third kappa shape index (κ3) is 5.61. The zero-order valence-electron chi connectivity index (χ0n) is 18.3. The molecule has 6 heteroatoms. The van der Waals surface area contributed by atoms with Crippen LogP contribution in [-0.4, -0.2) is 79.7 Å². The molecule has 1 aromatic carbocycles. The van der Waals surface area contributed by atoms with E-state index in [2.05, 4.69) is 54.9 Å². The monoisotopic (exact) mass is 390 g/mol. The Hall–Kier alpha value is -1.79. The predicted molar refractivity (Wildman–Crippen MR) is 115 cm³/mol. The Morgan fingerprint density at radius 3 is 2.54 bits per heavy atom. The smallest absolute Gasteiger partial charge is 0.317 e. The zero-order valence-corrected chi connectivity index (χ0v) is 18.3. The summed E-state index contributed by atoms with van der Waals surface area (Å²) in [6.07, 6.45) is 1.06. The van der Waals surface area contributed by atoms with Crippen molar-refractivity contribution in [2.24, 2.45) is 0 Å². The van der Waals surface area contributed by atoms with Gasteiger partial charge in [0.1, 0.15) is 5.75 Å². The molecular formula is C22H38N4O2. The number of hydrogen-bond donors (Lipinski definition) is 1. The normalized spacial score (nSPS) is 18.0. The van der Waals surface area contributed by atoms with Gasteiger partial charge in [-0.15, -0.1) is 0 Å². The average molecular weight is 391 g/mol. The largest absolute Gasteiger partial charge is 0.497 e. The quantitative estimate of drug-likeness (QED) is 0.666. The summed E-state index contributed by atoms with van der Waals surface area (Å²) in [5.41, 5.74) is 1.17. The summed E-state index contributed by atoms with van der Waals surface area (Å²) < 4.78 is 5.40. The summed E-state index contributed by atoms with van der Waals surface area (Å²) in [5, 5.41) is 3.19. The van der Waals surface area contributed by atoms with Crippen molar-refractivity contribution in [1.29, 1.82) is 0 Å². The highest BCUT2D eigenvalue weighted by atomic mass is 16.5. The second-order valence-corrected chi connectivity index (χ2v) is 7.31. The highest BCUT2D eigenvalue weighted by Crippen LogP contribution is 2.24. The van der Waals surface area contributed by atoms with E-state index < -0.39 is 0 Å². The van der Waals surface area contributed by atoms with E-state index in [1.807, 2.05) is 17.0 Å². The van der Waals surface area contributed by atoms with Crippen molar-refractivity contribution in [3.63, 3.8) is 0 Å². The molecule has 6 nitrogen and oxygen atoms in total. The molecule has 2 atom stereocenters.